The summed E-state index contributed by atoms with van der Waals surface area (Å²) >= 11 is 0. The predicted octanol–water partition coefficient (Wildman–Crippen LogP) is 3.73. The molecule has 34 heavy (non-hydrogen) atoms. The molecule has 6 heteroatoms. The number of aliphatic hydroxyl groups is 1. The normalized spacial score (nSPS) is 18.0. The molecule has 2 heterocycles. The van der Waals surface area contributed by atoms with Crippen LogP contribution in [0, 0.1) is 5.92 Å². The highest BCUT2D eigenvalue weighted by Gasteiger charge is 2.34. The molecule has 3 aromatic carbocycles. The lowest BCUT2D eigenvalue weighted by Crippen LogP contribution is -2.46. The van der Waals surface area contributed by atoms with E-state index < -0.39 is 6.10 Å². The third-order valence-electron chi connectivity index (χ3n) is 6.89. The fourth-order valence-electron chi connectivity index (χ4n) is 5.09. The van der Waals surface area contributed by atoms with Crippen molar-refractivity contribution in [2.45, 2.75) is 25.6 Å². The molecule has 1 N–H and O–H groups in total. The summed E-state index contributed by atoms with van der Waals surface area (Å²) in [7, 11) is 0. The molecule has 1 fully saturated rings. The standard InChI is InChI=1S/C28H30N2O4/c31-23(19-34-18-21-6-2-1-3-7-21)17-29-14-12-20(13-15-29)16-30-27(32)24-10-4-8-22-9-5-11-25(26(22)24)28(30)33/h1-11,20,23,31H,12-19H2. The van der Waals surface area contributed by atoms with Crippen LogP contribution in [0.3, 0.4) is 0 Å². The van der Waals surface area contributed by atoms with Crippen molar-refractivity contribution >= 4 is 22.6 Å². The first-order valence-electron chi connectivity index (χ1n) is 12.0. The highest BCUT2D eigenvalue weighted by molar-refractivity contribution is 6.25. The lowest BCUT2D eigenvalue weighted by Gasteiger charge is -2.36. The average Bonchev–Trinajstić information content (AvgIpc) is 2.86. The Morgan fingerprint density at radius 2 is 1.53 bits per heavy atom. The molecule has 2 amide bonds. The maximum atomic E-state index is 13.1. The lowest BCUT2D eigenvalue weighted by atomic mass is 9.91. The van der Waals surface area contributed by atoms with Crippen LogP contribution in [0.2, 0.25) is 0 Å². The Hall–Kier alpha value is -3.06. The second kappa shape index (κ2) is 10.1. The second-order valence-corrected chi connectivity index (χ2v) is 9.33. The Morgan fingerprint density at radius 1 is 0.882 bits per heavy atom. The summed E-state index contributed by atoms with van der Waals surface area (Å²) in [5.41, 5.74) is 2.32. The Labute approximate surface area is 199 Å². The molecule has 1 atom stereocenters. The first kappa shape index (κ1) is 22.7. The van der Waals surface area contributed by atoms with Gasteiger partial charge in [-0.3, -0.25) is 14.5 Å². The van der Waals surface area contributed by atoms with Crippen LogP contribution in [0.5, 0.6) is 0 Å². The van der Waals surface area contributed by atoms with Crippen molar-refractivity contribution in [2.24, 2.45) is 5.92 Å². The fourth-order valence-corrected chi connectivity index (χ4v) is 5.09. The van der Waals surface area contributed by atoms with Gasteiger partial charge in [-0.1, -0.05) is 54.6 Å². The number of ether oxygens (including phenoxy) is 1. The highest BCUT2D eigenvalue weighted by atomic mass is 16.5. The molecule has 0 radical (unpaired) electrons. The molecule has 0 spiro atoms. The number of likely N-dealkylation sites (tertiary alicyclic amines) is 1. The van der Waals surface area contributed by atoms with Gasteiger partial charge in [0.2, 0.25) is 0 Å². The molecule has 0 aliphatic carbocycles. The molecular weight excluding hydrogens is 428 g/mol. The van der Waals surface area contributed by atoms with E-state index in [-0.39, 0.29) is 17.7 Å². The molecule has 0 bridgehead atoms. The molecule has 3 aromatic rings. The molecule has 2 aliphatic rings. The molecule has 0 aromatic heterocycles. The molecule has 6 nitrogen and oxygen atoms in total. The maximum Gasteiger partial charge on any atom is 0.261 e. The van der Waals surface area contributed by atoms with Crippen LogP contribution in [0.1, 0.15) is 39.1 Å². The predicted molar refractivity (Wildman–Crippen MR) is 131 cm³/mol. The number of nitrogens with zero attached hydrogens (tertiary/aromatic N) is 2. The van der Waals surface area contributed by atoms with Crippen molar-refractivity contribution in [3.8, 4) is 0 Å². The van der Waals surface area contributed by atoms with Gasteiger partial charge in [0.05, 0.1) is 19.3 Å². The number of carbonyl (C=O) groups excluding carboxylic acids is 2. The van der Waals surface area contributed by atoms with E-state index >= 15 is 0 Å². The summed E-state index contributed by atoms with van der Waals surface area (Å²) in [6.45, 7) is 3.48. The minimum Gasteiger partial charge on any atom is -0.389 e. The van der Waals surface area contributed by atoms with Gasteiger partial charge in [0.15, 0.2) is 0 Å². The zero-order chi connectivity index (χ0) is 23.5. The van der Waals surface area contributed by atoms with E-state index in [0.717, 1.165) is 42.3 Å². The van der Waals surface area contributed by atoms with Crippen LogP contribution in [0.4, 0.5) is 0 Å². The number of carbonyl (C=O) groups is 2. The van der Waals surface area contributed by atoms with E-state index in [2.05, 4.69) is 4.90 Å². The number of hydrogen-bond donors (Lipinski definition) is 1. The SMILES string of the molecule is O=C1c2cccc3cccc(c23)C(=O)N1CC1CCN(CC(O)COCc2ccccc2)CC1. The van der Waals surface area contributed by atoms with Gasteiger partial charge in [-0.05, 0) is 54.9 Å². The van der Waals surface area contributed by atoms with E-state index in [1.54, 1.807) is 0 Å². The van der Waals surface area contributed by atoms with E-state index in [9.17, 15) is 14.7 Å². The second-order valence-electron chi connectivity index (χ2n) is 9.33. The zero-order valence-corrected chi connectivity index (χ0v) is 19.2. The minimum absolute atomic E-state index is 0.192. The quantitative estimate of drug-likeness (QED) is 0.521. The smallest absolute Gasteiger partial charge is 0.261 e. The van der Waals surface area contributed by atoms with Gasteiger partial charge in [0.1, 0.15) is 0 Å². The first-order chi connectivity index (χ1) is 16.6. The van der Waals surface area contributed by atoms with Crippen LogP contribution in [-0.4, -0.2) is 65.6 Å². The van der Waals surface area contributed by atoms with Gasteiger partial charge < -0.3 is 14.7 Å². The van der Waals surface area contributed by atoms with Gasteiger partial charge >= 0.3 is 0 Å². The highest BCUT2D eigenvalue weighted by Crippen LogP contribution is 2.31. The van der Waals surface area contributed by atoms with Gasteiger partial charge in [-0.15, -0.1) is 0 Å². The summed E-state index contributed by atoms with van der Waals surface area (Å²) in [4.78, 5) is 30.0. The van der Waals surface area contributed by atoms with Crippen LogP contribution < -0.4 is 0 Å². The Balaban J connectivity index is 1.12. The van der Waals surface area contributed by atoms with E-state index in [1.165, 1.54) is 4.90 Å². The minimum atomic E-state index is -0.539. The number of β-amino-alcohol motifs (C(OH)–C–C–N with tert-alkyl or cyclic N) is 1. The van der Waals surface area contributed by atoms with Gasteiger partial charge in [0, 0.05) is 29.6 Å². The van der Waals surface area contributed by atoms with Crippen molar-refractivity contribution in [2.75, 3.05) is 32.8 Å². The van der Waals surface area contributed by atoms with Crippen LogP contribution >= 0.6 is 0 Å². The number of piperidine rings is 1. The van der Waals surface area contributed by atoms with E-state index in [0.29, 0.717) is 37.4 Å². The number of hydrogen-bond acceptors (Lipinski definition) is 5. The van der Waals surface area contributed by atoms with Gasteiger partial charge in [-0.2, -0.15) is 0 Å². The molecule has 1 saturated heterocycles. The molecule has 1 unspecified atom stereocenters. The molecule has 5 rings (SSSR count). The van der Waals surface area contributed by atoms with Crippen LogP contribution in [0.25, 0.3) is 10.8 Å². The van der Waals surface area contributed by atoms with Crippen LogP contribution in [-0.2, 0) is 11.3 Å². The summed E-state index contributed by atoms with van der Waals surface area (Å²) in [5.74, 6) is -0.120. The number of benzene rings is 3. The third-order valence-corrected chi connectivity index (χ3v) is 6.89. The molecule has 2 aliphatic heterocycles. The van der Waals surface area contributed by atoms with Crippen molar-refractivity contribution in [3.05, 3.63) is 83.4 Å². The maximum absolute atomic E-state index is 13.1. The summed E-state index contributed by atoms with van der Waals surface area (Å²) < 4.78 is 5.66. The first-order valence-corrected chi connectivity index (χ1v) is 12.0. The number of amides is 2. The van der Waals surface area contributed by atoms with Gasteiger partial charge in [0.25, 0.3) is 11.8 Å². The lowest BCUT2D eigenvalue weighted by molar-refractivity contribution is 0.00360. The fraction of sp³-hybridized carbons (Fsp3) is 0.357. The average molecular weight is 459 g/mol. The number of rotatable bonds is 8. The number of aliphatic hydroxyl groups excluding tert-OH is 1. The Bertz CT molecular complexity index is 1120. The van der Waals surface area contributed by atoms with Gasteiger partial charge in [-0.25, -0.2) is 0 Å². The third kappa shape index (κ3) is 4.75. The van der Waals surface area contributed by atoms with Crippen LogP contribution in [0.15, 0.2) is 66.7 Å². The van der Waals surface area contributed by atoms with Crippen molar-refractivity contribution in [3.63, 3.8) is 0 Å². The van der Waals surface area contributed by atoms with Crippen molar-refractivity contribution < 1.29 is 19.4 Å². The van der Waals surface area contributed by atoms with E-state index in [4.69, 9.17) is 4.74 Å². The summed E-state index contributed by atoms with van der Waals surface area (Å²) in [6.07, 6.45) is 1.24. The number of imide groups is 1. The zero-order valence-electron chi connectivity index (χ0n) is 19.2. The molecule has 0 saturated carbocycles. The Kier molecular flexibility index (Phi) is 6.72. The van der Waals surface area contributed by atoms with Crippen molar-refractivity contribution in [1.29, 1.82) is 0 Å². The molecular formula is C28H30N2O4. The summed E-state index contributed by atoms with van der Waals surface area (Å²) in [5, 5.41) is 12.1. The monoisotopic (exact) mass is 458 g/mol. The van der Waals surface area contributed by atoms with E-state index in [1.807, 2.05) is 66.7 Å². The van der Waals surface area contributed by atoms with Crippen molar-refractivity contribution in [1.82, 2.24) is 9.80 Å². The topological polar surface area (TPSA) is 70.1 Å². The largest absolute Gasteiger partial charge is 0.389 e. The summed E-state index contributed by atoms with van der Waals surface area (Å²) in [6, 6.07) is 21.2. The Morgan fingerprint density at radius 3 is 2.18 bits per heavy atom. The molecule has 176 valence electrons.